The number of halogens is 1. The number of hydrogen-bond donors (Lipinski definition) is 1. The van der Waals surface area contributed by atoms with Crippen molar-refractivity contribution >= 4 is 16.7 Å². The van der Waals surface area contributed by atoms with Crippen LogP contribution in [0.4, 0.5) is 10.1 Å². The van der Waals surface area contributed by atoms with E-state index in [4.69, 9.17) is 0 Å². The van der Waals surface area contributed by atoms with Gasteiger partial charge in [-0.3, -0.25) is 0 Å². The Labute approximate surface area is 123 Å². The highest BCUT2D eigenvalue weighted by atomic mass is 19.1. The Balaban J connectivity index is 2.20. The van der Waals surface area contributed by atoms with Gasteiger partial charge < -0.3 is 9.88 Å². The van der Waals surface area contributed by atoms with Crippen LogP contribution in [0, 0.1) is 5.82 Å². The van der Waals surface area contributed by atoms with E-state index in [1.807, 2.05) is 37.4 Å². The summed E-state index contributed by atoms with van der Waals surface area (Å²) < 4.78 is 16.1. The third kappa shape index (κ3) is 2.37. The molecule has 1 aromatic heterocycles. The lowest BCUT2D eigenvalue weighted by Crippen LogP contribution is -1.99. The van der Waals surface area contributed by atoms with Crippen molar-refractivity contribution < 1.29 is 4.39 Å². The summed E-state index contributed by atoms with van der Waals surface area (Å²) in [6.45, 7) is 2.93. The van der Waals surface area contributed by atoms with Crippen LogP contribution in [-0.4, -0.2) is 16.6 Å². The molecule has 0 bridgehead atoms. The van der Waals surface area contributed by atoms with Crippen LogP contribution < -0.4 is 5.32 Å². The van der Waals surface area contributed by atoms with E-state index in [2.05, 4.69) is 21.8 Å². The Hall–Kier alpha value is -2.36. The molecule has 1 heterocycles. The molecular formula is C17H18FN3. The van der Waals surface area contributed by atoms with Gasteiger partial charge in [-0.25, -0.2) is 9.37 Å². The molecule has 21 heavy (non-hydrogen) atoms. The Morgan fingerprint density at radius 1 is 1.14 bits per heavy atom. The van der Waals surface area contributed by atoms with Crippen LogP contribution in [0.25, 0.3) is 22.4 Å². The first kappa shape index (κ1) is 13.6. The summed E-state index contributed by atoms with van der Waals surface area (Å²) in [6.07, 6.45) is 0.976. The van der Waals surface area contributed by atoms with Gasteiger partial charge >= 0.3 is 0 Å². The van der Waals surface area contributed by atoms with Gasteiger partial charge in [0, 0.05) is 24.8 Å². The molecule has 0 amide bonds. The molecule has 1 N–H and O–H groups in total. The van der Waals surface area contributed by atoms with Gasteiger partial charge in [0.05, 0.1) is 5.52 Å². The predicted octanol–water partition coefficient (Wildman–Crippen LogP) is 4.29. The molecular weight excluding hydrogens is 265 g/mol. The number of aromatic nitrogens is 2. The molecule has 0 aliphatic carbocycles. The summed E-state index contributed by atoms with van der Waals surface area (Å²) in [5.41, 5.74) is 3.34. The van der Waals surface area contributed by atoms with Crippen molar-refractivity contribution in [3.05, 3.63) is 48.3 Å². The van der Waals surface area contributed by atoms with Gasteiger partial charge in [0.15, 0.2) is 5.82 Å². The normalized spacial score (nSPS) is 11.0. The van der Waals surface area contributed by atoms with E-state index in [1.54, 1.807) is 6.07 Å². The van der Waals surface area contributed by atoms with E-state index in [1.165, 1.54) is 6.07 Å². The smallest absolute Gasteiger partial charge is 0.151 e. The Morgan fingerprint density at radius 2 is 1.90 bits per heavy atom. The van der Waals surface area contributed by atoms with E-state index >= 15 is 0 Å². The Morgan fingerprint density at radius 3 is 2.57 bits per heavy atom. The first-order chi connectivity index (χ1) is 10.2. The van der Waals surface area contributed by atoms with Crippen LogP contribution in [0.15, 0.2) is 42.5 Å². The second-order valence-corrected chi connectivity index (χ2v) is 5.02. The van der Waals surface area contributed by atoms with Crippen molar-refractivity contribution in [1.82, 2.24) is 9.55 Å². The maximum atomic E-state index is 14.0. The summed E-state index contributed by atoms with van der Waals surface area (Å²) in [6, 6.07) is 13.1. The Kier molecular flexibility index (Phi) is 3.60. The molecule has 3 rings (SSSR count). The number of rotatable bonds is 4. The molecule has 0 atom stereocenters. The summed E-state index contributed by atoms with van der Waals surface area (Å²) in [4.78, 5) is 4.52. The van der Waals surface area contributed by atoms with Crippen molar-refractivity contribution in [3.63, 3.8) is 0 Å². The molecule has 0 fully saturated rings. The first-order valence-corrected chi connectivity index (χ1v) is 7.17. The van der Waals surface area contributed by atoms with Crippen molar-refractivity contribution in [1.29, 1.82) is 0 Å². The standard InChI is InChI=1S/C17H18FN3/c1-3-11-21-15-6-4-5-14(18)16(15)20-17(21)12-7-9-13(19-2)10-8-12/h4-10,19H,3,11H2,1-2H3. The molecule has 0 spiro atoms. The number of imidazole rings is 1. The number of hydrogen-bond acceptors (Lipinski definition) is 2. The van der Waals surface area contributed by atoms with E-state index < -0.39 is 0 Å². The van der Waals surface area contributed by atoms with E-state index in [0.29, 0.717) is 5.52 Å². The third-order valence-electron chi connectivity index (χ3n) is 3.61. The monoisotopic (exact) mass is 283 g/mol. The largest absolute Gasteiger partial charge is 0.388 e. The minimum atomic E-state index is -0.268. The fourth-order valence-corrected chi connectivity index (χ4v) is 2.57. The summed E-state index contributed by atoms with van der Waals surface area (Å²) >= 11 is 0. The molecule has 3 nitrogen and oxygen atoms in total. The summed E-state index contributed by atoms with van der Waals surface area (Å²) in [5.74, 6) is 0.551. The van der Waals surface area contributed by atoms with Crippen molar-refractivity contribution in [2.24, 2.45) is 0 Å². The number of nitrogens with zero attached hydrogens (tertiary/aromatic N) is 2. The third-order valence-corrected chi connectivity index (χ3v) is 3.61. The number of anilines is 1. The highest BCUT2D eigenvalue weighted by Gasteiger charge is 2.14. The molecule has 0 saturated carbocycles. The van der Waals surface area contributed by atoms with Gasteiger partial charge in [0.2, 0.25) is 0 Å². The van der Waals surface area contributed by atoms with E-state index in [9.17, 15) is 4.39 Å². The van der Waals surface area contributed by atoms with Gasteiger partial charge in [0.1, 0.15) is 11.3 Å². The van der Waals surface area contributed by atoms with Gasteiger partial charge in [-0.15, -0.1) is 0 Å². The topological polar surface area (TPSA) is 29.9 Å². The quantitative estimate of drug-likeness (QED) is 0.774. The lowest BCUT2D eigenvalue weighted by atomic mass is 10.2. The highest BCUT2D eigenvalue weighted by Crippen LogP contribution is 2.27. The number of nitrogens with one attached hydrogen (secondary N) is 1. The Bertz CT molecular complexity index is 760. The van der Waals surface area contributed by atoms with E-state index in [0.717, 1.165) is 35.6 Å². The molecule has 3 aromatic rings. The van der Waals surface area contributed by atoms with Crippen LogP contribution in [-0.2, 0) is 6.54 Å². The lowest BCUT2D eigenvalue weighted by molar-refractivity contribution is 0.637. The number of aryl methyl sites for hydroxylation is 1. The average molecular weight is 283 g/mol. The zero-order valence-corrected chi connectivity index (χ0v) is 12.2. The summed E-state index contributed by atoms with van der Waals surface area (Å²) in [7, 11) is 1.89. The molecule has 0 saturated heterocycles. The van der Waals surface area contributed by atoms with Crippen molar-refractivity contribution in [3.8, 4) is 11.4 Å². The van der Waals surface area contributed by atoms with E-state index in [-0.39, 0.29) is 5.82 Å². The molecule has 108 valence electrons. The van der Waals surface area contributed by atoms with Crippen molar-refractivity contribution in [2.45, 2.75) is 19.9 Å². The van der Waals surface area contributed by atoms with Gasteiger partial charge in [0.25, 0.3) is 0 Å². The van der Waals surface area contributed by atoms with Crippen LogP contribution in [0.3, 0.4) is 0 Å². The van der Waals surface area contributed by atoms with Crippen LogP contribution >= 0.6 is 0 Å². The molecule has 2 aromatic carbocycles. The minimum absolute atomic E-state index is 0.268. The second-order valence-electron chi connectivity index (χ2n) is 5.02. The first-order valence-electron chi connectivity index (χ1n) is 7.17. The average Bonchev–Trinajstić information content (AvgIpc) is 2.88. The number of para-hydroxylation sites is 1. The number of benzene rings is 2. The summed E-state index contributed by atoms with van der Waals surface area (Å²) in [5, 5.41) is 3.09. The second kappa shape index (κ2) is 5.56. The maximum Gasteiger partial charge on any atom is 0.151 e. The zero-order valence-electron chi connectivity index (χ0n) is 12.2. The molecule has 0 unspecified atom stereocenters. The van der Waals surface area contributed by atoms with Crippen LogP contribution in [0.2, 0.25) is 0 Å². The fraction of sp³-hybridized carbons (Fsp3) is 0.235. The highest BCUT2D eigenvalue weighted by molar-refractivity contribution is 5.81. The number of fused-ring (bicyclic) bond motifs is 1. The minimum Gasteiger partial charge on any atom is -0.388 e. The van der Waals surface area contributed by atoms with Gasteiger partial charge in [-0.1, -0.05) is 13.0 Å². The zero-order chi connectivity index (χ0) is 14.8. The van der Waals surface area contributed by atoms with Crippen LogP contribution in [0.1, 0.15) is 13.3 Å². The van der Waals surface area contributed by atoms with Crippen LogP contribution in [0.5, 0.6) is 0 Å². The molecule has 0 radical (unpaired) electrons. The van der Waals surface area contributed by atoms with Crippen molar-refractivity contribution in [2.75, 3.05) is 12.4 Å². The predicted molar refractivity (Wildman–Crippen MR) is 85.0 cm³/mol. The lowest BCUT2D eigenvalue weighted by Gasteiger charge is -2.08. The molecule has 0 aliphatic heterocycles. The molecule has 0 aliphatic rings. The fourth-order valence-electron chi connectivity index (χ4n) is 2.57. The SMILES string of the molecule is CCCn1c(-c2ccc(NC)cc2)nc2c(F)cccc21. The molecule has 4 heteroatoms. The van der Waals surface area contributed by atoms with Gasteiger partial charge in [-0.05, 0) is 42.8 Å². The van der Waals surface area contributed by atoms with Gasteiger partial charge in [-0.2, -0.15) is 0 Å². The maximum absolute atomic E-state index is 14.0.